The lowest BCUT2D eigenvalue weighted by Crippen LogP contribution is -2.22. The molecule has 0 amide bonds. The molecule has 0 spiro atoms. The first-order valence-corrected chi connectivity index (χ1v) is 9.96. The average Bonchev–Trinajstić information content (AvgIpc) is 3.47. The first kappa shape index (κ1) is 19.6. The normalized spacial score (nSPS) is 11.5. The van der Waals surface area contributed by atoms with Crippen molar-refractivity contribution in [3.8, 4) is 0 Å². The number of carbonyl (C=O) groups is 1. The van der Waals surface area contributed by atoms with E-state index in [2.05, 4.69) is 10.2 Å². The molecule has 4 heterocycles. The quantitative estimate of drug-likeness (QED) is 0.215. The van der Waals surface area contributed by atoms with Crippen LogP contribution in [0.1, 0.15) is 5.82 Å². The second-order valence-electron chi connectivity index (χ2n) is 6.77. The molecular formula is C18H12N6O7S. The Labute approximate surface area is 179 Å². The number of hydrogen-bond acceptors (Lipinski definition) is 10. The number of aromatic nitrogens is 5. The summed E-state index contributed by atoms with van der Waals surface area (Å²) >= 11 is 1.28. The zero-order valence-electron chi connectivity index (χ0n) is 16.3. The first-order chi connectivity index (χ1) is 15.3. The largest absolute Gasteiger partial charge is 0.456 e. The highest BCUT2D eigenvalue weighted by Gasteiger charge is 2.19. The molecule has 5 rings (SSSR count). The van der Waals surface area contributed by atoms with Gasteiger partial charge in [-0.05, 0) is 17.5 Å². The molecule has 0 radical (unpaired) electrons. The number of non-ortho nitro benzene ring substituents is 1. The SMILES string of the molecule is Cn1c(=O)c2sccc2n2c(COC(=O)Cn3c(=O)oc4cc([N+](=O)[O-])ccc43)nnc12. The van der Waals surface area contributed by atoms with E-state index in [9.17, 15) is 24.5 Å². The van der Waals surface area contributed by atoms with Gasteiger partial charge in [0.2, 0.25) is 5.78 Å². The van der Waals surface area contributed by atoms with Gasteiger partial charge < -0.3 is 9.15 Å². The Morgan fingerprint density at radius 1 is 1.25 bits per heavy atom. The number of rotatable bonds is 5. The number of carbonyl (C=O) groups excluding carboxylic acids is 1. The maximum atomic E-state index is 12.4. The average molecular weight is 456 g/mol. The molecule has 14 heteroatoms. The summed E-state index contributed by atoms with van der Waals surface area (Å²) in [7, 11) is 1.57. The lowest BCUT2D eigenvalue weighted by Gasteiger charge is -2.06. The van der Waals surface area contributed by atoms with Gasteiger partial charge in [0, 0.05) is 13.1 Å². The summed E-state index contributed by atoms with van der Waals surface area (Å²) in [5, 5.41) is 20.7. The van der Waals surface area contributed by atoms with Crippen molar-refractivity contribution in [2.45, 2.75) is 13.2 Å². The van der Waals surface area contributed by atoms with Crippen molar-refractivity contribution in [2.24, 2.45) is 7.05 Å². The van der Waals surface area contributed by atoms with E-state index >= 15 is 0 Å². The number of oxazole rings is 1. The molecule has 0 saturated heterocycles. The molecule has 13 nitrogen and oxygen atoms in total. The molecule has 0 N–H and O–H groups in total. The maximum absolute atomic E-state index is 12.4. The highest BCUT2D eigenvalue weighted by Crippen LogP contribution is 2.21. The summed E-state index contributed by atoms with van der Waals surface area (Å²) in [6, 6.07) is 5.39. The van der Waals surface area contributed by atoms with Crippen molar-refractivity contribution in [1.82, 2.24) is 23.7 Å². The van der Waals surface area contributed by atoms with Crippen LogP contribution in [-0.4, -0.2) is 34.6 Å². The van der Waals surface area contributed by atoms with Crippen molar-refractivity contribution in [3.63, 3.8) is 0 Å². The van der Waals surface area contributed by atoms with Crippen molar-refractivity contribution < 1.29 is 18.9 Å². The van der Waals surface area contributed by atoms with E-state index in [1.165, 1.54) is 28.0 Å². The topological polar surface area (TPSA) is 157 Å². The lowest BCUT2D eigenvalue weighted by atomic mass is 10.3. The van der Waals surface area contributed by atoms with Crippen LogP contribution in [-0.2, 0) is 29.7 Å². The van der Waals surface area contributed by atoms with Crippen LogP contribution >= 0.6 is 11.3 Å². The highest BCUT2D eigenvalue weighted by atomic mass is 32.1. The second-order valence-corrected chi connectivity index (χ2v) is 7.69. The van der Waals surface area contributed by atoms with Crippen molar-refractivity contribution >= 4 is 50.1 Å². The van der Waals surface area contributed by atoms with Gasteiger partial charge in [0.1, 0.15) is 11.2 Å². The molecule has 32 heavy (non-hydrogen) atoms. The Morgan fingerprint density at radius 3 is 2.84 bits per heavy atom. The molecule has 0 bridgehead atoms. The number of benzene rings is 1. The van der Waals surface area contributed by atoms with E-state index in [-0.39, 0.29) is 29.0 Å². The number of ether oxygens (including phenoxy) is 1. The van der Waals surface area contributed by atoms with Gasteiger partial charge in [0.15, 0.2) is 18.0 Å². The van der Waals surface area contributed by atoms with Crippen LogP contribution < -0.4 is 11.3 Å². The summed E-state index contributed by atoms with van der Waals surface area (Å²) in [6.07, 6.45) is 0. The molecule has 162 valence electrons. The predicted molar refractivity (Wildman–Crippen MR) is 111 cm³/mol. The second kappa shape index (κ2) is 7.12. The minimum Gasteiger partial charge on any atom is -0.456 e. The third kappa shape index (κ3) is 2.96. The number of fused-ring (bicyclic) bond motifs is 4. The third-order valence-corrected chi connectivity index (χ3v) is 5.80. The number of nitro benzene ring substituents is 1. The minimum atomic E-state index is -0.847. The molecule has 0 aliphatic heterocycles. The van der Waals surface area contributed by atoms with E-state index in [4.69, 9.17) is 9.15 Å². The molecule has 0 saturated carbocycles. The molecule has 1 aromatic carbocycles. The van der Waals surface area contributed by atoms with E-state index < -0.39 is 23.2 Å². The van der Waals surface area contributed by atoms with E-state index in [0.29, 0.717) is 21.8 Å². The smallest absolute Gasteiger partial charge is 0.420 e. The Kier molecular flexibility index (Phi) is 4.37. The third-order valence-electron chi connectivity index (χ3n) is 4.91. The van der Waals surface area contributed by atoms with Gasteiger partial charge in [-0.1, -0.05) is 0 Å². The van der Waals surface area contributed by atoms with Gasteiger partial charge in [0.05, 0.1) is 22.0 Å². The van der Waals surface area contributed by atoms with Gasteiger partial charge in [0.25, 0.3) is 11.2 Å². The number of thiophene rings is 1. The summed E-state index contributed by atoms with van der Waals surface area (Å²) < 4.78 is 14.8. The molecule has 0 fully saturated rings. The summed E-state index contributed by atoms with van der Waals surface area (Å²) in [5.74, 6) is -1.00. The van der Waals surface area contributed by atoms with Crippen molar-refractivity contribution in [3.05, 3.63) is 66.5 Å². The molecular weight excluding hydrogens is 444 g/mol. The fraction of sp³-hybridized carbons (Fsp3) is 0.167. The zero-order valence-corrected chi connectivity index (χ0v) is 17.1. The molecule has 0 unspecified atom stereocenters. The van der Waals surface area contributed by atoms with Gasteiger partial charge in [-0.3, -0.25) is 33.2 Å². The van der Waals surface area contributed by atoms with Crippen LogP contribution in [0.2, 0.25) is 0 Å². The fourth-order valence-corrected chi connectivity index (χ4v) is 4.24. The van der Waals surface area contributed by atoms with Gasteiger partial charge >= 0.3 is 11.7 Å². The van der Waals surface area contributed by atoms with Crippen LogP contribution in [0, 0.1) is 10.1 Å². The first-order valence-electron chi connectivity index (χ1n) is 9.09. The van der Waals surface area contributed by atoms with E-state index in [1.54, 1.807) is 22.9 Å². The van der Waals surface area contributed by atoms with Crippen LogP contribution in [0.25, 0.3) is 27.1 Å². The lowest BCUT2D eigenvalue weighted by molar-refractivity contribution is -0.384. The van der Waals surface area contributed by atoms with Crippen LogP contribution in [0.3, 0.4) is 0 Å². The van der Waals surface area contributed by atoms with E-state index in [1.807, 2.05) is 0 Å². The number of aryl methyl sites for hydroxylation is 1. The predicted octanol–water partition coefficient (Wildman–Crippen LogP) is 1.20. The van der Waals surface area contributed by atoms with Gasteiger partial charge in [-0.15, -0.1) is 21.5 Å². The van der Waals surface area contributed by atoms with E-state index in [0.717, 1.165) is 10.6 Å². The summed E-state index contributed by atoms with van der Waals surface area (Å²) in [5.41, 5.74) is 0.364. The number of hydrogen-bond donors (Lipinski definition) is 0. The summed E-state index contributed by atoms with van der Waals surface area (Å²) in [6.45, 7) is -0.716. The van der Waals surface area contributed by atoms with Gasteiger partial charge in [-0.25, -0.2) is 4.79 Å². The monoisotopic (exact) mass is 456 g/mol. The molecule has 0 aliphatic rings. The minimum absolute atomic E-state index is 0.0128. The molecule has 4 aromatic heterocycles. The Bertz CT molecular complexity index is 1670. The van der Waals surface area contributed by atoms with Gasteiger partial charge in [-0.2, -0.15) is 0 Å². The van der Waals surface area contributed by atoms with Crippen molar-refractivity contribution in [1.29, 1.82) is 0 Å². The fourth-order valence-electron chi connectivity index (χ4n) is 3.38. The number of nitro groups is 1. The molecule has 5 aromatic rings. The Morgan fingerprint density at radius 2 is 2.06 bits per heavy atom. The molecule has 0 aliphatic carbocycles. The highest BCUT2D eigenvalue weighted by molar-refractivity contribution is 7.17. The number of esters is 1. The number of nitrogens with zero attached hydrogens (tertiary/aromatic N) is 6. The Balaban J connectivity index is 1.41. The standard InChI is InChI=1S/C18H12N6O7S/c1-21-16(26)15-11(4-5-32-15)23-13(19-20-17(21)23)8-30-14(25)7-22-10-3-2-9(24(28)29)6-12(10)31-18(22)27/h2-6H,7-8H2,1H3. The molecule has 0 atom stereocenters. The van der Waals surface area contributed by atoms with Crippen molar-refractivity contribution in [2.75, 3.05) is 0 Å². The maximum Gasteiger partial charge on any atom is 0.420 e. The van der Waals surface area contributed by atoms with Crippen LogP contribution in [0.4, 0.5) is 5.69 Å². The summed E-state index contributed by atoms with van der Waals surface area (Å²) in [4.78, 5) is 47.2. The van der Waals surface area contributed by atoms with Crippen LogP contribution in [0.15, 0.2) is 43.7 Å². The van der Waals surface area contributed by atoms with Crippen LogP contribution in [0.5, 0.6) is 0 Å². The zero-order chi connectivity index (χ0) is 22.6. The Hall–Kier alpha value is -4.33.